The van der Waals surface area contributed by atoms with E-state index in [1.807, 2.05) is 54.6 Å². The van der Waals surface area contributed by atoms with Crippen molar-refractivity contribution in [2.75, 3.05) is 12.4 Å². The van der Waals surface area contributed by atoms with Crippen molar-refractivity contribution in [3.05, 3.63) is 76.5 Å². The Balaban J connectivity index is 1.66. The van der Waals surface area contributed by atoms with Crippen LogP contribution in [-0.4, -0.2) is 27.8 Å². The Morgan fingerprint density at radius 1 is 1.20 bits per heavy atom. The smallest absolute Gasteiger partial charge is 0.260 e. The summed E-state index contributed by atoms with van der Waals surface area (Å²) < 4.78 is 8.00. The zero-order chi connectivity index (χ0) is 17.6. The highest BCUT2D eigenvalue weighted by atomic mass is 79.9. The first-order valence-electron chi connectivity index (χ1n) is 7.68. The van der Waals surface area contributed by atoms with Gasteiger partial charge in [-0.25, -0.2) is 9.67 Å². The number of aromatic nitrogens is 3. The second-order valence-electron chi connectivity index (χ2n) is 5.41. The number of hydrogen-bond acceptors (Lipinski definition) is 4. The highest BCUT2D eigenvalue weighted by molar-refractivity contribution is 9.10. The summed E-state index contributed by atoms with van der Waals surface area (Å²) in [6.07, 6.45) is 0.877. The molecule has 0 saturated carbocycles. The Morgan fingerprint density at radius 2 is 1.92 bits per heavy atom. The molecule has 6 nitrogen and oxygen atoms in total. The lowest BCUT2D eigenvalue weighted by Gasteiger charge is -2.14. The summed E-state index contributed by atoms with van der Waals surface area (Å²) in [5.74, 6) is -0.0600. The summed E-state index contributed by atoms with van der Waals surface area (Å²) in [4.78, 5) is 16.6. The number of carbonyl (C=O) groups excluding carboxylic acids is 1. The monoisotopic (exact) mass is 400 g/mol. The Morgan fingerprint density at radius 3 is 2.60 bits per heavy atom. The lowest BCUT2D eigenvalue weighted by atomic mass is 10.1. The number of methoxy groups -OCH3 is 1. The normalized spacial score (nSPS) is 11.9. The van der Waals surface area contributed by atoms with Crippen LogP contribution in [0.15, 0.2) is 65.4 Å². The minimum atomic E-state index is -0.709. The number of ether oxygens (including phenoxy) is 1. The average Bonchev–Trinajstić information content (AvgIpc) is 3.05. The van der Waals surface area contributed by atoms with Crippen molar-refractivity contribution in [1.82, 2.24) is 14.8 Å². The SMILES string of the molecule is COC(C(=O)Nc1ncn(Cc2ccc(Br)cc2)n1)c1ccccc1. The number of anilines is 1. The number of rotatable bonds is 6. The molecule has 128 valence electrons. The van der Waals surface area contributed by atoms with Crippen molar-refractivity contribution in [3.63, 3.8) is 0 Å². The summed E-state index contributed by atoms with van der Waals surface area (Å²) in [7, 11) is 1.50. The van der Waals surface area contributed by atoms with Crippen LogP contribution in [0.3, 0.4) is 0 Å². The van der Waals surface area contributed by atoms with E-state index in [0.29, 0.717) is 6.54 Å². The fourth-order valence-electron chi connectivity index (χ4n) is 2.40. The van der Waals surface area contributed by atoms with Gasteiger partial charge in [0.1, 0.15) is 6.33 Å². The van der Waals surface area contributed by atoms with Crippen molar-refractivity contribution >= 4 is 27.8 Å². The van der Waals surface area contributed by atoms with Crippen molar-refractivity contribution in [3.8, 4) is 0 Å². The molecule has 1 heterocycles. The van der Waals surface area contributed by atoms with Gasteiger partial charge in [0, 0.05) is 11.6 Å². The summed E-state index contributed by atoms with van der Waals surface area (Å²) in [5, 5.41) is 6.98. The average molecular weight is 401 g/mol. The van der Waals surface area contributed by atoms with Gasteiger partial charge in [-0.15, -0.1) is 5.10 Å². The van der Waals surface area contributed by atoms with E-state index < -0.39 is 6.10 Å². The predicted octanol–water partition coefficient (Wildman–Crippen LogP) is 3.42. The Labute approximate surface area is 154 Å². The summed E-state index contributed by atoms with van der Waals surface area (Å²) in [5.41, 5.74) is 1.86. The number of benzene rings is 2. The molecule has 1 N–H and O–H groups in total. The number of nitrogens with zero attached hydrogens (tertiary/aromatic N) is 3. The zero-order valence-electron chi connectivity index (χ0n) is 13.6. The first-order chi connectivity index (χ1) is 12.2. The van der Waals surface area contributed by atoms with Crippen molar-refractivity contribution in [2.45, 2.75) is 12.6 Å². The van der Waals surface area contributed by atoms with Crippen LogP contribution in [0.4, 0.5) is 5.95 Å². The topological polar surface area (TPSA) is 69.0 Å². The Kier molecular flexibility index (Phi) is 5.57. The molecular weight excluding hydrogens is 384 g/mol. The lowest BCUT2D eigenvalue weighted by Crippen LogP contribution is -2.23. The Hall–Kier alpha value is -2.51. The number of nitrogens with one attached hydrogen (secondary N) is 1. The van der Waals surface area contributed by atoms with Gasteiger partial charge in [-0.1, -0.05) is 58.4 Å². The molecule has 0 aliphatic heterocycles. The van der Waals surface area contributed by atoms with Crippen LogP contribution in [0.25, 0.3) is 0 Å². The second kappa shape index (κ2) is 8.04. The summed E-state index contributed by atoms with van der Waals surface area (Å²) >= 11 is 3.41. The van der Waals surface area contributed by atoms with Gasteiger partial charge in [0.05, 0.1) is 6.54 Å². The van der Waals surface area contributed by atoms with E-state index in [2.05, 4.69) is 31.3 Å². The second-order valence-corrected chi connectivity index (χ2v) is 6.32. The van der Waals surface area contributed by atoms with Gasteiger partial charge in [-0.2, -0.15) is 0 Å². The van der Waals surface area contributed by atoms with Gasteiger partial charge in [-0.05, 0) is 23.3 Å². The molecule has 0 bridgehead atoms. The molecule has 3 aromatic rings. The van der Waals surface area contributed by atoms with Crippen LogP contribution >= 0.6 is 15.9 Å². The maximum Gasteiger partial charge on any atom is 0.260 e. The zero-order valence-corrected chi connectivity index (χ0v) is 15.2. The fraction of sp³-hybridized carbons (Fsp3) is 0.167. The standard InChI is InChI=1S/C18H17BrN4O2/c1-25-16(14-5-3-2-4-6-14)17(24)21-18-20-12-23(22-18)11-13-7-9-15(19)10-8-13/h2-10,12,16H,11H2,1H3,(H,21,22,24). The molecule has 0 aliphatic rings. The van der Waals surface area contributed by atoms with Crippen molar-refractivity contribution in [2.24, 2.45) is 0 Å². The van der Waals surface area contributed by atoms with Crippen LogP contribution in [-0.2, 0) is 16.1 Å². The number of halogens is 1. The predicted molar refractivity (Wildman–Crippen MR) is 98.1 cm³/mol. The molecule has 25 heavy (non-hydrogen) atoms. The van der Waals surface area contributed by atoms with Gasteiger partial charge < -0.3 is 4.74 Å². The molecule has 1 aromatic heterocycles. The van der Waals surface area contributed by atoms with Gasteiger partial charge in [-0.3, -0.25) is 10.1 Å². The van der Waals surface area contributed by atoms with Crippen LogP contribution in [0.1, 0.15) is 17.2 Å². The Bertz CT molecular complexity index is 834. The number of hydrogen-bond donors (Lipinski definition) is 1. The molecular formula is C18H17BrN4O2. The molecule has 1 unspecified atom stereocenters. The molecule has 1 atom stereocenters. The van der Waals surface area contributed by atoms with Crippen molar-refractivity contribution < 1.29 is 9.53 Å². The molecule has 0 spiro atoms. The van der Waals surface area contributed by atoms with Gasteiger partial charge in [0.2, 0.25) is 5.95 Å². The minimum Gasteiger partial charge on any atom is -0.367 e. The van der Waals surface area contributed by atoms with E-state index in [1.54, 1.807) is 11.0 Å². The molecule has 0 radical (unpaired) electrons. The third-order valence-corrected chi connectivity index (χ3v) is 4.13. The van der Waals surface area contributed by atoms with E-state index in [9.17, 15) is 4.79 Å². The lowest BCUT2D eigenvalue weighted by molar-refractivity contribution is -0.126. The highest BCUT2D eigenvalue weighted by Crippen LogP contribution is 2.18. The van der Waals surface area contributed by atoms with E-state index in [1.165, 1.54) is 7.11 Å². The molecule has 7 heteroatoms. The third kappa shape index (κ3) is 4.52. The number of carbonyl (C=O) groups is 1. The molecule has 3 rings (SSSR count). The van der Waals surface area contributed by atoms with Crippen LogP contribution in [0, 0.1) is 0 Å². The van der Waals surface area contributed by atoms with Crippen LogP contribution < -0.4 is 5.32 Å². The van der Waals surface area contributed by atoms with Crippen LogP contribution in [0.5, 0.6) is 0 Å². The van der Waals surface area contributed by atoms with Crippen molar-refractivity contribution in [1.29, 1.82) is 0 Å². The minimum absolute atomic E-state index is 0.250. The van der Waals surface area contributed by atoms with E-state index >= 15 is 0 Å². The molecule has 1 amide bonds. The van der Waals surface area contributed by atoms with Crippen LogP contribution in [0.2, 0.25) is 0 Å². The van der Waals surface area contributed by atoms with E-state index in [4.69, 9.17) is 4.74 Å². The van der Waals surface area contributed by atoms with E-state index in [-0.39, 0.29) is 11.9 Å². The van der Waals surface area contributed by atoms with Gasteiger partial charge >= 0.3 is 0 Å². The maximum absolute atomic E-state index is 12.4. The largest absolute Gasteiger partial charge is 0.367 e. The first kappa shape index (κ1) is 17.3. The quantitative estimate of drug-likeness (QED) is 0.688. The molecule has 0 aliphatic carbocycles. The highest BCUT2D eigenvalue weighted by Gasteiger charge is 2.21. The maximum atomic E-state index is 12.4. The van der Waals surface area contributed by atoms with Gasteiger partial charge in [0.25, 0.3) is 5.91 Å². The summed E-state index contributed by atoms with van der Waals surface area (Å²) in [6.45, 7) is 0.572. The molecule has 0 saturated heterocycles. The first-order valence-corrected chi connectivity index (χ1v) is 8.47. The molecule has 2 aromatic carbocycles. The van der Waals surface area contributed by atoms with Gasteiger partial charge in [0.15, 0.2) is 6.10 Å². The number of amides is 1. The summed E-state index contributed by atoms with van der Waals surface area (Å²) in [6, 6.07) is 17.2. The fourth-order valence-corrected chi connectivity index (χ4v) is 2.67. The third-order valence-electron chi connectivity index (χ3n) is 3.61. The molecule has 0 fully saturated rings. The van der Waals surface area contributed by atoms with E-state index in [0.717, 1.165) is 15.6 Å².